The highest BCUT2D eigenvalue weighted by Gasteiger charge is 2.08. The fourth-order valence-electron chi connectivity index (χ4n) is 1.91. The van der Waals surface area contributed by atoms with Gasteiger partial charge in [-0.1, -0.05) is 13.0 Å². The highest BCUT2D eigenvalue weighted by atomic mass is 16.5. The van der Waals surface area contributed by atoms with E-state index in [1.165, 1.54) is 0 Å². The Morgan fingerprint density at radius 1 is 1.19 bits per heavy atom. The van der Waals surface area contributed by atoms with Crippen molar-refractivity contribution < 1.29 is 9.53 Å². The van der Waals surface area contributed by atoms with Crippen LogP contribution in [0.15, 0.2) is 42.5 Å². The SMILES string of the molecule is CCCOc1ccc(C(=O)Nc2cccc(N)c2C)cc1. The largest absolute Gasteiger partial charge is 0.494 e. The molecule has 0 saturated heterocycles. The molecule has 0 saturated carbocycles. The second-order valence-electron chi connectivity index (χ2n) is 4.85. The van der Waals surface area contributed by atoms with Gasteiger partial charge in [-0.15, -0.1) is 0 Å². The molecular formula is C17H20N2O2. The molecule has 0 radical (unpaired) electrons. The van der Waals surface area contributed by atoms with E-state index in [2.05, 4.69) is 12.2 Å². The summed E-state index contributed by atoms with van der Waals surface area (Å²) in [6, 6.07) is 12.6. The van der Waals surface area contributed by atoms with Gasteiger partial charge in [0, 0.05) is 16.9 Å². The first-order chi connectivity index (χ1) is 10.1. The molecule has 110 valence electrons. The summed E-state index contributed by atoms with van der Waals surface area (Å²) >= 11 is 0. The minimum absolute atomic E-state index is 0.161. The maximum atomic E-state index is 12.2. The fraction of sp³-hybridized carbons (Fsp3) is 0.235. The summed E-state index contributed by atoms with van der Waals surface area (Å²) in [6.07, 6.45) is 0.955. The number of rotatable bonds is 5. The van der Waals surface area contributed by atoms with Gasteiger partial charge >= 0.3 is 0 Å². The topological polar surface area (TPSA) is 64.3 Å². The van der Waals surface area contributed by atoms with Crippen molar-refractivity contribution in [1.82, 2.24) is 0 Å². The van der Waals surface area contributed by atoms with Crippen LogP contribution in [0.2, 0.25) is 0 Å². The molecule has 0 atom stereocenters. The second-order valence-corrected chi connectivity index (χ2v) is 4.85. The summed E-state index contributed by atoms with van der Waals surface area (Å²) in [6.45, 7) is 4.61. The van der Waals surface area contributed by atoms with Crippen LogP contribution in [-0.4, -0.2) is 12.5 Å². The summed E-state index contributed by atoms with van der Waals surface area (Å²) in [5, 5.41) is 2.87. The summed E-state index contributed by atoms with van der Waals surface area (Å²) in [7, 11) is 0. The standard InChI is InChI=1S/C17H20N2O2/c1-3-11-21-14-9-7-13(8-10-14)17(20)19-16-6-4-5-15(18)12(16)2/h4-10H,3,11,18H2,1-2H3,(H,19,20). The zero-order valence-electron chi connectivity index (χ0n) is 12.3. The first-order valence-corrected chi connectivity index (χ1v) is 7.01. The Bertz CT molecular complexity index is 621. The van der Waals surface area contributed by atoms with E-state index >= 15 is 0 Å². The highest BCUT2D eigenvalue weighted by Crippen LogP contribution is 2.21. The Labute approximate surface area is 124 Å². The third-order valence-electron chi connectivity index (χ3n) is 3.21. The lowest BCUT2D eigenvalue weighted by atomic mass is 10.1. The van der Waals surface area contributed by atoms with Crippen molar-refractivity contribution in [2.75, 3.05) is 17.7 Å². The van der Waals surface area contributed by atoms with E-state index in [1.54, 1.807) is 24.3 Å². The van der Waals surface area contributed by atoms with Crippen molar-refractivity contribution in [3.8, 4) is 5.75 Å². The summed E-state index contributed by atoms with van der Waals surface area (Å²) in [5.41, 5.74) is 8.68. The molecule has 4 nitrogen and oxygen atoms in total. The lowest BCUT2D eigenvalue weighted by Crippen LogP contribution is -2.13. The lowest BCUT2D eigenvalue weighted by Gasteiger charge is -2.10. The zero-order valence-corrected chi connectivity index (χ0v) is 12.3. The van der Waals surface area contributed by atoms with Crippen molar-refractivity contribution >= 4 is 17.3 Å². The first kappa shape index (κ1) is 14.9. The number of carbonyl (C=O) groups excluding carboxylic acids is 1. The molecule has 4 heteroatoms. The number of carbonyl (C=O) groups is 1. The number of nitrogen functional groups attached to an aromatic ring is 1. The monoisotopic (exact) mass is 284 g/mol. The van der Waals surface area contributed by atoms with Gasteiger partial charge < -0.3 is 15.8 Å². The molecule has 0 unspecified atom stereocenters. The van der Waals surface area contributed by atoms with Gasteiger partial charge in [0.2, 0.25) is 0 Å². The minimum Gasteiger partial charge on any atom is -0.494 e. The summed E-state index contributed by atoms with van der Waals surface area (Å²) in [4.78, 5) is 12.2. The molecule has 21 heavy (non-hydrogen) atoms. The van der Waals surface area contributed by atoms with Crippen molar-refractivity contribution in [1.29, 1.82) is 0 Å². The number of hydrogen-bond acceptors (Lipinski definition) is 3. The number of ether oxygens (including phenoxy) is 1. The Balaban J connectivity index is 2.08. The normalized spacial score (nSPS) is 10.2. The Kier molecular flexibility index (Phi) is 4.82. The smallest absolute Gasteiger partial charge is 0.255 e. The Morgan fingerprint density at radius 3 is 2.57 bits per heavy atom. The van der Waals surface area contributed by atoms with Gasteiger partial charge in [0.1, 0.15) is 5.75 Å². The van der Waals surface area contributed by atoms with Crippen molar-refractivity contribution in [3.05, 3.63) is 53.6 Å². The van der Waals surface area contributed by atoms with Gasteiger partial charge in [-0.3, -0.25) is 4.79 Å². The van der Waals surface area contributed by atoms with E-state index in [1.807, 2.05) is 25.1 Å². The van der Waals surface area contributed by atoms with Crippen molar-refractivity contribution in [3.63, 3.8) is 0 Å². The summed E-state index contributed by atoms with van der Waals surface area (Å²) < 4.78 is 5.49. The van der Waals surface area contributed by atoms with Crippen molar-refractivity contribution in [2.45, 2.75) is 20.3 Å². The quantitative estimate of drug-likeness (QED) is 0.824. The number of nitrogens with two attached hydrogens (primary N) is 1. The molecule has 1 amide bonds. The predicted octanol–water partition coefficient (Wildman–Crippen LogP) is 3.62. The zero-order chi connectivity index (χ0) is 15.2. The highest BCUT2D eigenvalue weighted by molar-refractivity contribution is 6.05. The van der Waals surface area contributed by atoms with E-state index in [0.29, 0.717) is 17.9 Å². The van der Waals surface area contributed by atoms with Crippen molar-refractivity contribution in [2.24, 2.45) is 0 Å². The van der Waals surface area contributed by atoms with Gasteiger partial charge in [-0.25, -0.2) is 0 Å². The molecule has 3 N–H and O–H groups in total. The second kappa shape index (κ2) is 6.79. The summed E-state index contributed by atoms with van der Waals surface area (Å²) in [5.74, 6) is 0.610. The molecule has 2 aromatic carbocycles. The third kappa shape index (κ3) is 3.75. The van der Waals surface area contributed by atoms with Gasteiger partial charge in [-0.05, 0) is 55.3 Å². The average Bonchev–Trinajstić information content (AvgIpc) is 2.50. The van der Waals surface area contributed by atoms with Gasteiger partial charge in [0.25, 0.3) is 5.91 Å². The van der Waals surface area contributed by atoms with E-state index in [-0.39, 0.29) is 5.91 Å². The molecule has 0 fully saturated rings. The molecular weight excluding hydrogens is 264 g/mol. The number of amides is 1. The van der Waals surface area contributed by atoms with E-state index in [4.69, 9.17) is 10.5 Å². The van der Waals surface area contributed by atoms with Gasteiger partial charge in [0.15, 0.2) is 0 Å². The van der Waals surface area contributed by atoms with Gasteiger partial charge in [-0.2, -0.15) is 0 Å². The van der Waals surface area contributed by atoms with Crippen LogP contribution in [0, 0.1) is 6.92 Å². The van der Waals surface area contributed by atoms with Crippen LogP contribution in [0.3, 0.4) is 0 Å². The Hall–Kier alpha value is -2.49. The maximum Gasteiger partial charge on any atom is 0.255 e. The van der Waals surface area contributed by atoms with Crippen LogP contribution in [0.25, 0.3) is 0 Å². The molecule has 0 aliphatic heterocycles. The lowest BCUT2D eigenvalue weighted by molar-refractivity contribution is 0.102. The molecule has 0 bridgehead atoms. The third-order valence-corrected chi connectivity index (χ3v) is 3.21. The molecule has 0 aliphatic rings. The average molecular weight is 284 g/mol. The van der Waals surface area contributed by atoms with Gasteiger partial charge in [0.05, 0.1) is 6.61 Å². The van der Waals surface area contributed by atoms with Crippen LogP contribution in [0.4, 0.5) is 11.4 Å². The number of anilines is 2. The van der Waals surface area contributed by atoms with E-state index in [9.17, 15) is 4.79 Å². The van der Waals surface area contributed by atoms with Crippen LogP contribution in [-0.2, 0) is 0 Å². The Morgan fingerprint density at radius 2 is 1.90 bits per heavy atom. The molecule has 0 spiro atoms. The number of nitrogens with one attached hydrogen (secondary N) is 1. The molecule has 0 aliphatic carbocycles. The minimum atomic E-state index is -0.161. The maximum absolute atomic E-state index is 12.2. The van der Waals surface area contributed by atoms with Crippen LogP contribution in [0.1, 0.15) is 29.3 Å². The predicted molar refractivity (Wildman–Crippen MR) is 85.8 cm³/mol. The first-order valence-electron chi connectivity index (χ1n) is 7.01. The van der Waals surface area contributed by atoms with E-state index in [0.717, 1.165) is 23.4 Å². The number of benzene rings is 2. The number of hydrogen-bond donors (Lipinski definition) is 2. The van der Waals surface area contributed by atoms with Crippen LogP contribution < -0.4 is 15.8 Å². The molecule has 0 aromatic heterocycles. The molecule has 2 rings (SSSR count). The van der Waals surface area contributed by atoms with E-state index < -0.39 is 0 Å². The van der Waals surface area contributed by atoms with Crippen LogP contribution >= 0.6 is 0 Å². The molecule has 0 heterocycles. The fourth-order valence-corrected chi connectivity index (χ4v) is 1.91. The molecule has 2 aromatic rings. The van der Waals surface area contributed by atoms with Crippen LogP contribution in [0.5, 0.6) is 5.75 Å².